The molecule has 1 saturated heterocycles. The number of nitrogens with one attached hydrogen (secondary N) is 1. The quantitative estimate of drug-likeness (QED) is 0.655. The molecule has 1 aromatic heterocycles. The number of carbonyl (C=O) groups excluding carboxylic acids is 1. The summed E-state index contributed by atoms with van der Waals surface area (Å²) in [4.78, 5) is 15.9. The van der Waals surface area contributed by atoms with E-state index in [0.717, 1.165) is 6.07 Å². The van der Waals surface area contributed by atoms with E-state index < -0.39 is 29.9 Å². The standard InChI is InChI=1S/C22H13F3N2O2/c23-16-8-6-13(7-9-16)4-5-14-10-15(12-26-11-14)20-21(29-22(28)27-20)17-2-1-3-18(24)19(17)25/h1-3,6-12,20-21H,(H,27,28). The molecule has 0 spiro atoms. The zero-order valence-corrected chi connectivity index (χ0v) is 14.8. The van der Waals surface area contributed by atoms with E-state index in [9.17, 15) is 18.0 Å². The average Bonchev–Trinajstić information content (AvgIpc) is 3.11. The van der Waals surface area contributed by atoms with Crippen molar-refractivity contribution in [2.24, 2.45) is 0 Å². The highest BCUT2D eigenvalue weighted by molar-refractivity contribution is 5.71. The molecular weight excluding hydrogens is 381 g/mol. The molecule has 2 heterocycles. The normalized spacial score (nSPS) is 17.8. The summed E-state index contributed by atoms with van der Waals surface area (Å²) >= 11 is 0. The molecule has 1 aliphatic heterocycles. The predicted molar refractivity (Wildman–Crippen MR) is 98.1 cm³/mol. The van der Waals surface area contributed by atoms with Crippen molar-refractivity contribution in [2.45, 2.75) is 12.1 Å². The van der Waals surface area contributed by atoms with Crippen LogP contribution in [0.3, 0.4) is 0 Å². The SMILES string of the molecule is O=C1NC(c2cncc(C#Cc3ccc(F)cc3)c2)C(c2cccc(F)c2F)O1. The smallest absolute Gasteiger partial charge is 0.408 e. The maximum Gasteiger partial charge on any atom is 0.408 e. The fraction of sp³-hybridized carbons (Fsp3) is 0.0909. The minimum atomic E-state index is -1.07. The van der Waals surface area contributed by atoms with Gasteiger partial charge in [0, 0.05) is 29.1 Å². The summed E-state index contributed by atoms with van der Waals surface area (Å²) in [6.45, 7) is 0. The molecule has 2 atom stereocenters. The third-order valence-electron chi connectivity index (χ3n) is 4.41. The molecule has 0 aliphatic carbocycles. The lowest BCUT2D eigenvalue weighted by molar-refractivity contribution is 0.129. The van der Waals surface area contributed by atoms with Gasteiger partial charge in [-0.05, 0) is 42.0 Å². The van der Waals surface area contributed by atoms with E-state index >= 15 is 0 Å². The molecule has 4 rings (SSSR count). The van der Waals surface area contributed by atoms with Gasteiger partial charge in [0.1, 0.15) is 11.9 Å². The molecular formula is C22H13F3N2O2. The molecule has 1 amide bonds. The number of cyclic esters (lactones) is 1. The van der Waals surface area contributed by atoms with E-state index in [1.54, 1.807) is 18.2 Å². The van der Waals surface area contributed by atoms with Gasteiger partial charge in [-0.1, -0.05) is 24.0 Å². The molecule has 29 heavy (non-hydrogen) atoms. The van der Waals surface area contributed by atoms with Crippen molar-refractivity contribution in [3.8, 4) is 11.8 Å². The summed E-state index contributed by atoms with van der Waals surface area (Å²) < 4.78 is 46.0. The number of alkyl carbamates (subject to hydrolysis) is 1. The molecule has 1 aliphatic rings. The van der Waals surface area contributed by atoms with E-state index in [1.807, 2.05) is 0 Å². The minimum absolute atomic E-state index is 0.0730. The number of hydrogen-bond acceptors (Lipinski definition) is 3. The van der Waals surface area contributed by atoms with Gasteiger partial charge in [-0.2, -0.15) is 0 Å². The fourth-order valence-electron chi connectivity index (χ4n) is 3.04. The molecule has 1 fully saturated rings. The lowest BCUT2D eigenvalue weighted by Crippen LogP contribution is -2.20. The molecule has 7 heteroatoms. The maximum absolute atomic E-state index is 14.2. The number of ether oxygens (including phenoxy) is 1. The van der Waals surface area contributed by atoms with E-state index in [2.05, 4.69) is 22.1 Å². The van der Waals surface area contributed by atoms with Gasteiger partial charge in [0.25, 0.3) is 0 Å². The van der Waals surface area contributed by atoms with Crippen LogP contribution in [-0.4, -0.2) is 11.1 Å². The highest BCUT2D eigenvalue weighted by atomic mass is 19.2. The highest BCUT2D eigenvalue weighted by Crippen LogP contribution is 2.38. The average molecular weight is 394 g/mol. The Labute approximate surface area is 164 Å². The van der Waals surface area contributed by atoms with E-state index in [-0.39, 0.29) is 11.4 Å². The van der Waals surface area contributed by atoms with Crippen molar-refractivity contribution in [1.29, 1.82) is 0 Å². The zero-order chi connectivity index (χ0) is 20.4. The summed E-state index contributed by atoms with van der Waals surface area (Å²) in [6.07, 6.45) is 1.22. The number of amides is 1. The summed E-state index contributed by atoms with van der Waals surface area (Å²) in [5.41, 5.74) is 1.60. The van der Waals surface area contributed by atoms with Crippen molar-refractivity contribution in [3.05, 3.63) is 101 Å². The Kier molecular flexibility index (Phi) is 4.92. The third kappa shape index (κ3) is 3.92. The largest absolute Gasteiger partial charge is 0.439 e. The van der Waals surface area contributed by atoms with Crippen LogP contribution in [0.5, 0.6) is 0 Å². The van der Waals surface area contributed by atoms with Crippen LogP contribution in [0.15, 0.2) is 60.9 Å². The van der Waals surface area contributed by atoms with Gasteiger partial charge in [-0.25, -0.2) is 18.0 Å². The minimum Gasteiger partial charge on any atom is -0.439 e. The Bertz CT molecular complexity index is 1140. The van der Waals surface area contributed by atoms with Gasteiger partial charge in [-0.3, -0.25) is 4.98 Å². The topological polar surface area (TPSA) is 51.2 Å². The van der Waals surface area contributed by atoms with Crippen molar-refractivity contribution in [3.63, 3.8) is 0 Å². The molecule has 0 radical (unpaired) electrons. The van der Waals surface area contributed by atoms with Crippen LogP contribution in [0.25, 0.3) is 0 Å². The lowest BCUT2D eigenvalue weighted by atomic mass is 9.96. The lowest BCUT2D eigenvalue weighted by Gasteiger charge is -2.18. The summed E-state index contributed by atoms with van der Waals surface area (Å²) in [5.74, 6) is 3.35. The Morgan fingerprint density at radius 1 is 0.966 bits per heavy atom. The molecule has 1 N–H and O–H groups in total. The third-order valence-corrected chi connectivity index (χ3v) is 4.41. The van der Waals surface area contributed by atoms with Gasteiger partial charge in [0.2, 0.25) is 0 Å². The second-order valence-corrected chi connectivity index (χ2v) is 6.35. The van der Waals surface area contributed by atoms with Gasteiger partial charge in [0.05, 0.1) is 0 Å². The summed E-state index contributed by atoms with van der Waals surface area (Å²) in [5, 5.41) is 2.59. The Balaban J connectivity index is 1.65. The molecule has 2 unspecified atom stereocenters. The van der Waals surface area contributed by atoms with Gasteiger partial charge in [-0.15, -0.1) is 0 Å². The molecule has 4 nitrogen and oxygen atoms in total. The Morgan fingerprint density at radius 2 is 1.72 bits per heavy atom. The molecule has 144 valence electrons. The Morgan fingerprint density at radius 3 is 2.52 bits per heavy atom. The number of aromatic nitrogens is 1. The van der Waals surface area contributed by atoms with Crippen molar-refractivity contribution in [1.82, 2.24) is 10.3 Å². The predicted octanol–water partition coefficient (Wildman–Crippen LogP) is 4.42. The molecule has 3 aromatic rings. The van der Waals surface area contributed by atoms with Crippen LogP contribution in [0.2, 0.25) is 0 Å². The van der Waals surface area contributed by atoms with Crippen LogP contribution < -0.4 is 5.32 Å². The number of rotatable bonds is 2. The summed E-state index contributed by atoms with van der Waals surface area (Å²) in [6, 6.07) is 10.3. The van der Waals surface area contributed by atoms with Crippen molar-refractivity contribution < 1.29 is 22.7 Å². The van der Waals surface area contributed by atoms with Crippen LogP contribution in [0.1, 0.15) is 34.4 Å². The molecule has 2 aromatic carbocycles. The number of benzene rings is 2. The maximum atomic E-state index is 14.2. The first-order valence-corrected chi connectivity index (χ1v) is 8.65. The van der Waals surface area contributed by atoms with E-state index in [4.69, 9.17) is 4.74 Å². The van der Waals surface area contributed by atoms with Crippen LogP contribution in [0.4, 0.5) is 18.0 Å². The number of hydrogen-bond donors (Lipinski definition) is 1. The highest BCUT2D eigenvalue weighted by Gasteiger charge is 2.38. The monoisotopic (exact) mass is 394 g/mol. The van der Waals surface area contributed by atoms with Crippen molar-refractivity contribution >= 4 is 6.09 Å². The second kappa shape index (κ2) is 7.68. The first-order valence-electron chi connectivity index (χ1n) is 8.65. The van der Waals surface area contributed by atoms with E-state index in [1.165, 1.54) is 36.7 Å². The number of carbonyl (C=O) groups is 1. The summed E-state index contributed by atoms with van der Waals surface area (Å²) in [7, 11) is 0. The van der Waals surface area contributed by atoms with Crippen molar-refractivity contribution in [2.75, 3.05) is 0 Å². The van der Waals surface area contributed by atoms with Crippen LogP contribution in [0, 0.1) is 29.3 Å². The van der Waals surface area contributed by atoms with E-state index in [0.29, 0.717) is 16.7 Å². The Hall–Kier alpha value is -3.79. The number of halogens is 3. The molecule has 0 bridgehead atoms. The first kappa shape index (κ1) is 18.6. The fourth-order valence-corrected chi connectivity index (χ4v) is 3.04. The number of pyridine rings is 1. The van der Waals surface area contributed by atoms with Gasteiger partial charge < -0.3 is 10.1 Å². The number of nitrogens with zero attached hydrogens (tertiary/aromatic N) is 1. The van der Waals surface area contributed by atoms with Gasteiger partial charge >= 0.3 is 6.09 Å². The first-order chi connectivity index (χ1) is 14.0. The van der Waals surface area contributed by atoms with Crippen LogP contribution in [-0.2, 0) is 4.74 Å². The second-order valence-electron chi connectivity index (χ2n) is 6.35. The van der Waals surface area contributed by atoms with Crippen LogP contribution >= 0.6 is 0 Å². The van der Waals surface area contributed by atoms with Gasteiger partial charge in [0.15, 0.2) is 17.7 Å². The molecule has 0 saturated carbocycles. The zero-order valence-electron chi connectivity index (χ0n) is 14.8.